The maximum absolute atomic E-state index is 11.1. The molecule has 100 valence electrons. The van der Waals surface area contributed by atoms with E-state index in [0.29, 0.717) is 17.7 Å². The number of aromatic nitrogens is 1. The van der Waals surface area contributed by atoms with Crippen molar-refractivity contribution in [2.24, 2.45) is 5.92 Å². The lowest BCUT2D eigenvalue weighted by Crippen LogP contribution is -1.97. The van der Waals surface area contributed by atoms with Crippen molar-refractivity contribution in [1.82, 2.24) is 4.98 Å². The monoisotopic (exact) mass is 262 g/mol. The van der Waals surface area contributed by atoms with Gasteiger partial charge in [0, 0.05) is 11.5 Å². The van der Waals surface area contributed by atoms with Gasteiger partial charge in [-0.2, -0.15) is 0 Å². The van der Waals surface area contributed by atoms with E-state index in [1.54, 1.807) is 6.07 Å². The highest BCUT2D eigenvalue weighted by molar-refractivity contribution is 5.97. The Kier molecular flexibility index (Phi) is 3.25. The highest BCUT2D eigenvalue weighted by atomic mass is 16.6. The number of hydrogen-bond acceptors (Lipinski definition) is 3. The second-order valence-corrected chi connectivity index (χ2v) is 4.92. The van der Waals surface area contributed by atoms with Crippen LogP contribution in [0.4, 0.5) is 5.69 Å². The van der Waals surface area contributed by atoms with Crippen LogP contribution in [0.2, 0.25) is 0 Å². The molecule has 0 spiro atoms. The third-order valence-corrected chi connectivity index (χ3v) is 2.84. The minimum absolute atomic E-state index is 0.0419. The number of carbonyl (C=O) groups is 1. The van der Waals surface area contributed by atoms with Crippen LogP contribution in [0.15, 0.2) is 18.2 Å². The lowest BCUT2D eigenvalue weighted by molar-refractivity contribution is -0.383. The number of nitrogens with zero attached hydrogens (tertiary/aromatic N) is 1. The lowest BCUT2D eigenvalue weighted by atomic mass is 10.0. The average molecular weight is 262 g/mol. The fraction of sp³-hybridized carbons (Fsp3) is 0.308. The molecule has 0 amide bonds. The second-order valence-electron chi connectivity index (χ2n) is 4.92. The summed E-state index contributed by atoms with van der Waals surface area (Å²) in [5.74, 6) is -0.758. The van der Waals surface area contributed by atoms with E-state index in [9.17, 15) is 14.9 Å². The molecule has 0 unspecified atom stereocenters. The summed E-state index contributed by atoms with van der Waals surface area (Å²) in [5, 5.41) is 20.6. The lowest BCUT2D eigenvalue weighted by Gasteiger charge is -2.05. The van der Waals surface area contributed by atoms with Crippen LogP contribution in [0, 0.1) is 16.0 Å². The van der Waals surface area contributed by atoms with Crippen molar-refractivity contribution >= 4 is 22.6 Å². The zero-order valence-electron chi connectivity index (χ0n) is 10.6. The molecule has 0 saturated heterocycles. The number of rotatable bonds is 4. The highest BCUT2D eigenvalue weighted by Crippen LogP contribution is 2.28. The Morgan fingerprint density at radius 3 is 2.63 bits per heavy atom. The first-order valence-corrected chi connectivity index (χ1v) is 5.92. The number of aromatic carboxylic acids is 1. The summed E-state index contributed by atoms with van der Waals surface area (Å²) in [6.45, 7) is 4.05. The Balaban J connectivity index is 2.65. The fourth-order valence-electron chi connectivity index (χ4n) is 2.13. The Labute approximate surface area is 109 Å². The summed E-state index contributed by atoms with van der Waals surface area (Å²) in [5.41, 5.74) is 0.973. The number of aromatic amines is 1. The molecule has 0 radical (unpaired) electrons. The molecule has 2 aromatic rings. The van der Waals surface area contributed by atoms with Crippen LogP contribution in [0.1, 0.15) is 29.9 Å². The molecule has 1 heterocycles. The molecular weight excluding hydrogens is 248 g/mol. The van der Waals surface area contributed by atoms with Crippen molar-refractivity contribution < 1.29 is 14.8 Å². The number of non-ortho nitro benzene ring substituents is 1. The number of carboxylic acids is 1. The molecule has 2 N–H and O–H groups in total. The SMILES string of the molecule is CC(C)Cc1cc([N+](=O)[O-])c2[nH]c(C(=O)O)cc2c1. The summed E-state index contributed by atoms with van der Waals surface area (Å²) in [7, 11) is 0. The van der Waals surface area contributed by atoms with Crippen LogP contribution in [0.5, 0.6) is 0 Å². The Hall–Kier alpha value is -2.37. The zero-order valence-corrected chi connectivity index (χ0v) is 10.6. The number of benzene rings is 1. The van der Waals surface area contributed by atoms with E-state index < -0.39 is 10.9 Å². The molecular formula is C13H14N2O4. The molecule has 0 saturated carbocycles. The van der Waals surface area contributed by atoms with Crippen molar-refractivity contribution in [1.29, 1.82) is 0 Å². The van der Waals surface area contributed by atoms with Crippen molar-refractivity contribution in [2.75, 3.05) is 0 Å². The largest absolute Gasteiger partial charge is 0.477 e. The third kappa shape index (κ3) is 2.57. The molecule has 0 aliphatic heterocycles. The number of fused-ring (bicyclic) bond motifs is 1. The third-order valence-electron chi connectivity index (χ3n) is 2.84. The predicted octanol–water partition coefficient (Wildman–Crippen LogP) is 2.97. The topological polar surface area (TPSA) is 96.2 Å². The van der Waals surface area contributed by atoms with Gasteiger partial charge in [-0.3, -0.25) is 10.1 Å². The Morgan fingerprint density at radius 2 is 2.11 bits per heavy atom. The van der Waals surface area contributed by atoms with E-state index in [1.807, 2.05) is 13.8 Å². The van der Waals surface area contributed by atoms with E-state index in [-0.39, 0.29) is 16.9 Å². The van der Waals surface area contributed by atoms with Crippen molar-refractivity contribution in [3.8, 4) is 0 Å². The first kappa shape index (κ1) is 13.1. The summed E-state index contributed by atoms with van der Waals surface area (Å²) < 4.78 is 0. The average Bonchev–Trinajstić information content (AvgIpc) is 2.70. The molecule has 0 atom stereocenters. The van der Waals surface area contributed by atoms with E-state index in [4.69, 9.17) is 5.11 Å². The normalized spacial score (nSPS) is 11.1. The first-order valence-electron chi connectivity index (χ1n) is 5.92. The number of hydrogen-bond donors (Lipinski definition) is 2. The van der Waals surface area contributed by atoms with Gasteiger partial charge in [-0.25, -0.2) is 4.79 Å². The van der Waals surface area contributed by atoms with Gasteiger partial charge in [0.05, 0.1) is 4.92 Å². The van der Waals surface area contributed by atoms with E-state index in [2.05, 4.69) is 4.98 Å². The van der Waals surface area contributed by atoms with Crippen LogP contribution >= 0.6 is 0 Å². The van der Waals surface area contributed by atoms with Gasteiger partial charge in [-0.1, -0.05) is 13.8 Å². The van der Waals surface area contributed by atoms with Crippen LogP contribution in [0.3, 0.4) is 0 Å². The molecule has 6 nitrogen and oxygen atoms in total. The summed E-state index contributed by atoms with van der Waals surface area (Å²) >= 11 is 0. The smallest absolute Gasteiger partial charge is 0.352 e. The van der Waals surface area contributed by atoms with Gasteiger partial charge in [0.15, 0.2) is 0 Å². The van der Waals surface area contributed by atoms with Crippen LogP contribution < -0.4 is 0 Å². The van der Waals surface area contributed by atoms with Gasteiger partial charge in [0.25, 0.3) is 5.69 Å². The van der Waals surface area contributed by atoms with Gasteiger partial charge in [-0.05, 0) is 30.0 Å². The van der Waals surface area contributed by atoms with E-state index in [1.165, 1.54) is 12.1 Å². The standard InChI is InChI=1S/C13H14N2O4/c1-7(2)3-8-4-9-6-10(13(16)17)14-12(9)11(5-8)15(18)19/h4-7,14H,3H2,1-2H3,(H,16,17). The van der Waals surface area contributed by atoms with Gasteiger partial charge in [-0.15, -0.1) is 0 Å². The fourth-order valence-corrected chi connectivity index (χ4v) is 2.13. The van der Waals surface area contributed by atoms with Crippen LogP contribution in [-0.4, -0.2) is 21.0 Å². The minimum Gasteiger partial charge on any atom is -0.477 e. The molecule has 1 aromatic heterocycles. The van der Waals surface area contributed by atoms with E-state index >= 15 is 0 Å². The zero-order chi connectivity index (χ0) is 14.2. The number of carboxylic acid groups (broad SMARTS) is 1. The molecule has 19 heavy (non-hydrogen) atoms. The molecule has 6 heteroatoms. The van der Waals surface area contributed by atoms with Gasteiger partial charge < -0.3 is 10.1 Å². The molecule has 0 fully saturated rings. The van der Waals surface area contributed by atoms with E-state index in [0.717, 1.165) is 5.56 Å². The molecule has 0 bridgehead atoms. The van der Waals surface area contributed by atoms with Crippen LogP contribution in [-0.2, 0) is 6.42 Å². The van der Waals surface area contributed by atoms with Crippen LogP contribution in [0.25, 0.3) is 10.9 Å². The quantitative estimate of drug-likeness (QED) is 0.653. The Bertz CT molecular complexity index is 658. The number of nitro groups is 1. The molecule has 1 aromatic carbocycles. The second kappa shape index (κ2) is 4.72. The minimum atomic E-state index is -1.13. The van der Waals surface area contributed by atoms with Crippen molar-refractivity contribution in [3.05, 3.63) is 39.6 Å². The van der Waals surface area contributed by atoms with Gasteiger partial charge >= 0.3 is 5.97 Å². The summed E-state index contributed by atoms with van der Waals surface area (Å²) in [6.07, 6.45) is 0.713. The molecule has 0 aliphatic rings. The predicted molar refractivity (Wildman–Crippen MR) is 70.5 cm³/mol. The summed E-state index contributed by atoms with van der Waals surface area (Å²) in [6, 6.07) is 4.73. The maximum atomic E-state index is 11.1. The molecule has 0 aliphatic carbocycles. The van der Waals surface area contributed by atoms with Crippen molar-refractivity contribution in [2.45, 2.75) is 20.3 Å². The van der Waals surface area contributed by atoms with Gasteiger partial charge in [0.2, 0.25) is 0 Å². The number of nitro benzene ring substituents is 1. The number of H-pyrrole nitrogens is 1. The number of nitrogens with one attached hydrogen (secondary N) is 1. The summed E-state index contributed by atoms with van der Waals surface area (Å²) in [4.78, 5) is 24.1. The first-order chi connectivity index (χ1) is 8.88. The highest BCUT2D eigenvalue weighted by Gasteiger charge is 2.18. The Morgan fingerprint density at radius 1 is 1.42 bits per heavy atom. The molecule has 2 rings (SSSR count). The van der Waals surface area contributed by atoms with Crippen molar-refractivity contribution in [3.63, 3.8) is 0 Å². The van der Waals surface area contributed by atoms with Gasteiger partial charge in [0.1, 0.15) is 11.2 Å². The maximum Gasteiger partial charge on any atom is 0.352 e.